The summed E-state index contributed by atoms with van der Waals surface area (Å²) in [6, 6.07) is 11.8. The van der Waals surface area contributed by atoms with Crippen LogP contribution in [0.3, 0.4) is 0 Å². The highest BCUT2D eigenvalue weighted by atomic mass is 16.3. The molecule has 0 aliphatic rings. The second kappa shape index (κ2) is 5.35. The van der Waals surface area contributed by atoms with Gasteiger partial charge in [0.05, 0.1) is 0 Å². The highest BCUT2D eigenvalue weighted by Crippen LogP contribution is 2.33. The molecule has 0 atom stereocenters. The van der Waals surface area contributed by atoms with Gasteiger partial charge in [0.15, 0.2) is 0 Å². The highest BCUT2D eigenvalue weighted by molar-refractivity contribution is 5.70. The fourth-order valence-corrected chi connectivity index (χ4v) is 2.73. The number of nitrogens with zero attached hydrogens (tertiary/aromatic N) is 1. The van der Waals surface area contributed by atoms with Crippen LogP contribution in [0.4, 0.5) is 11.4 Å². The third-order valence-electron chi connectivity index (χ3n) is 3.36. The first-order valence-corrected chi connectivity index (χ1v) is 6.67. The van der Waals surface area contributed by atoms with Gasteiger partial charge in [-0.05, 0) is 51.0 Å². The minimum Gasteiger partial charge on any atom is -0.508 e. The first-order chi connectivity index (χ1) is 9.02. The highest BCUT2D eigenvalue weighted by Gasteiger charge is 2.13. The molecule has 2 rings (SSSR count). The Morgan fingerprint density at radius 1 is 1.00 bits per heavy atom. The van der Waals surface area contributed by atoms with Gasteiger partial charge in [0.25, 0.3) is 0 Å². The van der Waals surface area contributed by atoms with E-state index in [-0.39, 0.29) is 0 Å². The molecule has 0 heterocycles. The fourth-order valence-electron chi connectivity index (χ4n) is 2.73. The molecule has 2 aromatic carbocycles. The molecule has 0 saturated heterocycles. The standard InChI is InChI=1S/C17H21NO/c1-5-18(15-7-6-8-16(19)11-15)17-13(3)9-12(2)10-14(17)4/h6-11,19H,5H2,1-4H3. The van der Waals surface area contributed by atoms with Crippen LogP contribution in [-0.2, 0) is 0 Å². The van der Waals surface area contributed by atoms with Gasteiger partial charge in [0, 0.05) is 24.0 Å². The summed E-state index contributed by atoms with van der Waals surface area (Å²) in [6.45, 7) is 9.40. The average molecular weight is 255 g/mol. The summed E-state index contributed by atoms with van der Waals surface area (Å²) in [4.78, 5) is 2.24. The molecule has 2 nitrogen and oxygen atoms in total. The van der Waals surface area contributed by atoms with E-state index in [1.165, 1.54) is 22.4 Å². The molecule has 100 valence electrons. The van der Waals surface area contributed by atoms with Crippen LogP contribution < -0.4 is 4.90 Å². The van der Waals surface area contributed by atoms with E-state index in [0.29, 0.717) is 5.75 Å². The molecule has 0 radical (unpaired) electrons. The Labute approximate surface area is 115 Å². The summed E-state index contributed by atoms with van der Waals surface area (Å²) >= 11 is 0. The number of phenols is 1. The lowest BCUT2D eigenvalue weighted by Gasteiger charge is -2.27. The van der Waals surface area contributed by atoms with Crippen molar-refractivity contribution >= 4 is 11.4 Å². The number of anilines is 2. The molecule has 0 saturated carbocycles. The number of rotatable bonds is 3. The molecule has 0 aliphatic carbocycles. The van der Waals surface area contributed by atoms with Crippen molar-refractivity contribution in [1.82, 2.24) is 0 Å². The van der Waals surface area contributed by atoms with Crippen molar-refractivity contribution in [3.8, 4) is 5.75 Å². The number of aryl methyl sites for hydroxylation is 3. The van der Waals surface area contributed by atoms with Crippen LogP contribution in [0.5, 0.6) is 5.75 Å². The van der Waals surface area contributed by atoms with Crippen molar-refractivity contribution in [2.45, 2.75) is 27.7 Å². The van der Waals surface area contributed by atoms with Crippen molar-refractivity contribution < 1.29 is 5.11 Å². The molecular formula is C17H21NO. The van der Waals surface area contributed by atoms with E-state index in [0.717, 1.165) is 12.2 Å². The Kier molecular flexibility index (Phi) is 3.79. The fraction of sp³-hybridized carbons (Fsp3) is 0.294. The van der Waals surface area contributed by atoms with Gasteiger partial charge in [-0.25, -0.2) is 0 Å². The van der Waals surface area contributed by atoms with Crippen molar-refractivity contribution in [3.05, 3.63) is 53.1 Å². The number of phenolic OH excluding ortho intramolecular Hbond substituents is 1. The number of aromatic hydroxyl groups is 1. The quantitative estimate of drug-likeness (QED) is 0.874. The van der Waals surface area contributed by atoms with Crippen LogP contribution in [0, 0.1) is 20.8 Å². The minimum atomic E-state index is 0.304. The van der Waals surface area contributed by atoms with E-state index in [2.05, 4.69) is 44.7 Å². The molecule has 0 unspecified atom stereocenters. The maximum atomic E-state index is 9.66. The molecule has 19 heavy (non-hydrogen) atoms. The van der Waals surface area contributed by atoms with Crippen molar-refractivity contribution in [2.24, 2.45) is 0 Å². The maximum absolute atomic E-state index is 9.66. The number of hydrogen-bond donors (Lipinski definition) is 1. The number of hydrogen-bond acceptors (Lipinski definition) is 2. The van der Waals surface area contributed by atoms with Gasteiger partial charge in [-0.3, -0.25) is 0 Å². The van der Waals surface area contributed by atoms with Crippen molar-refractivity contribution in [2.75, 3.05) is 11.4 Å². The summed E-state index contributed by atoms with van der Waals surface area (Å²) in [7, 11) is 0. The van der Waals surface area contributed by atoms with Gasteiger partial charge in [-0.1, -0.05) is 23.8 Å². The topological polar surface area (TPSA) is 23.5 Å². The normalized spacial score (nSPS) is 10.5. The lowest BCUT2D eigenvalue weighted by atomic mass is 10.0. The van der Waals surface area contributed by atoms with E-state index in [4.69, 9.17) is 0 Å². The average Bonchev–Trinajstić information content (AvgIpc) is 2.33. The predicted molar refractivity (Wildman–Crippen MR) is 81.4 cm³/mol. The van der Waals surface area contributed by atoms with E-state index in [1.807, 2.05) is 18.2 Å². The third kappa shape index (κ3) is 2.73. The maximum Gasteiger partial charge on any atom is 0.117 e. The molecule has 0 bridgehead atoms. The molecular weight excluding hydrogens is 234 g/mol. The SMILES string of the molecule is CCN(c1cccc(O)c1)c1c(C)cc(C)cc1C. The summed E-state index contributed by atoms with van der Waals surface area (Å²) in [5.41, 5.74) is 6.08. The van der Waals surface area contributed by atoms with Gasteiger partial charge >= 0.3 is 0 Å². The number of benzene rings is 2. The van der Waals surface area contributed by atoms with Crippen LogP contribution in [0.25, 0.3) is 0 Å². The third-order valence-corrected chi connectivity index (χ3v) is 3.36. The zero-order chi connectivity index (χ0) is 14.0. The van der Waals surface area contributed by atoms with Gasteiger partial charge in [0.2, 0.25) is 0 Å². The zero-order valence-corrected chi connectivity index (χ0v) is 12.1. The van der Waals surface area contributed by atoms with Crippen LogP contribution in [0.1, 0.15) is 23.6 Å². The minimum absolute atomic E-state index is 0.304. The Hall–Kier alpha value is -1.96. The second-order valence-electron chi connectivity index (χ2n) is 5.01. The van der Waals surface area contributed by atoms with Crippen LogP contribution >= 0.6 is 0 Å². The van der Waals surface area contributed by atoms with E-state index in [1.54, 1.807) is 6.07 Å². The van der Waals surface area contributed by atoms with Crippen LogP contribution in [0.15, 0.2) is 36.4 Å². The Bertz CT molecular complexity index is 567. The Balaban J connectivity index is 2.54. The summed E-state index contributed by atoms with van der Waals surface area (Å²) in [5, 5.41) is 9.66. The lowest BCUT2D eigenvalue weighted by Crippen LogP contribution is -2.18. The molecule has 2 aromatic rings. The summed E-state index contributed by atoms with van der Waals surface area (Å²) < 4.78 is 0. The smallest absolute Gasteiger partial charge is 0.117 e. The van der Waals surface area contributed by atoms with E-state index >= 15 is 0 Å². The van der Waals surface area contributed by atoms with Gasteiger partial charge in [-0.2, -0.15) is 0 Å². The monoisotopic (exact) mass is 255 g/mol. The molecule has 0 spiro atoms. The molecule has 1 N–H and O–H groups in total. The lowest BCUT2D eigenvalue weighted by molar-refractivity contribution is 0.475. The Morgan fingerprint density at radius 2 is 1.63 bits per heavy atom. The second-order valence-corrected chi connectivity index (χ2v) is 5.01. The van der Waals surface area contributed by atoms with Crippen molar-refractivity contribution in [3.63, 3.8) is 0 Å². The first-order valence-electron chi connectivity index (χ1n) is 6.67. The molecule has 0 aliphatic heterocycles. The molecule has 0 fully saturated rings. The van der Waals surface area contributed by atoms with Gasteiger partial charge in [-0.15, -0.1) is 0 Å². The predicted octanol–water partition coefficient (Wildman–Crippen LogP) is 4.48. The van der Waals surface area contributed by atoms with Crippen molar-refractivity contribution in [1.29, 1.82) is 0 Å². The zero-order valence-electron chi connectivity index (χ0n) is 12.1. The van der Waals surface area contributed by atoms with Gasteiger partial charge in [0.1, 0.15) is 5.75 Å². The van der Waals surface area contributed by atoms with Crippen LogP contribution in [0.2, 0.25) is 0 Å². The van der Waals surface area contributed by atoms with E-state index in [9.17, 15) is 5.11 Å². The summed E-state index contributed by atoms with van der Waals surface area (Å²) in [6.07, 6.45) is 0. The van der Waals surface area contributed by atoms with Gasteiger partial charge < -0.3 is 10.0 Å². The Morgan fingerprint density at radius 3 is 2.16 bits per heavy atom. The molecule has 0 aromatic heterocycles. The van der Waals surface area contributed by atoms with Crippen LogP contribution in [-0.4, -0.2) is 11.7 Å². The summed E-state index contributed by atoms with van der Waals surface area (Å²) in [5.74, 6) is 0.304. The molecule has 2 heteroatoms. The molecule has 0 amide bonds. The van der Waals surface area contributed by atoms with E-state index < -0.39 is 0 Å². The largest absolute Gasteiger partial charge is 0.508 e. The first kappa shape index (κ1) is 13.5.